The molecule has 1 aromatic rings. The second kappa shape index (κ2) is 10.8. The molecular weight excluding hydrogens is 496 g/mol. The highest BCUT2D eigenvalue weighted by molar-refractivity contribution is 6.34. The number of aliphatic hydroxyl groups is 1. The monoisotopic (exact) mass is 532 g/mol. The number of aryl methyl sites for hydroxylation is 1. The summed E-state index contributed by atoms with van der Waals surface area (Å²) in [5, 5.41) is 10.9. The van der Waals surface area contributed by atoms with Crippen molar-refractivity contribution in [1.82, 2.24) is 4.90 Å². The maximum absolute atomic E-state index is 14.6. The van der Waals surface area contributed by atoms with E-state index in [9.17, 15) is 19.5 Å². The van der Waals surface area contributed by atoms with Crippen molar-refractivity contribution in [2.24, 2.45) is 17.8 Å². The summed E-state index contributed by atoms with van der Waals surface area (Å²) in [5.74, 6) is -2.91. The van der Waals surface area contributed by atoms with Gasteiger partial charge in [0.1, 0.15) is 11.6 Å². The molecule has 1 spiro atoms. The third-order valence-electron chi connectivity index (χ3n) is 8.41. The maximum Gasteiger partial charge on any atom is 0.312 e. The van der Waals surface area contributed by atoms with Gasteiger partial charge in [-0.1, -0.05) is 50.1 Å². The van der Waals surface area contributed by atoms with Gasteiger partial charge in [0.2, 0.25) is 5.91 Å². The Morgan fingerprint density at radius 1 is 1.41 bits per heavy atom. The molecule has 0 aromatic heterocycles. The summed E-state index contributed by atoms with van der Waals surface area (Å²) in [6, 6.07) is 3.75. The lowest BCUT2D eigenvalue weighted by atomic mass is 9.70. The average molecular weight is 533 g/mol. The van der Waals surface area contributed by atoms with Crippen LogP contribution in [0.1, 0.15) is 45.6 Å². The Morgan fingerprint density at radius 3 is 2.73 bits per heavy atom. The molecule has 1 aromatic carbocycles. The fourth-order valence-electron chi connectivity index (χ4n) is 6.58. The Morgan fingerprint density at radius 2 is 2.14 bits per heavy atom. The molecular formula is C28H37ClN2O6. The number of fused-ring (bicyclic) bond motifs is 1. The number of carbonyl (C=O) groups excluding carboxylic acids is 3. The number of hydrogen-bond donors (Lipinski definition) is 1. The number of likely N-dealkylation sites (tertiary alicyclic amines) is 1. The topological polar surface area (TPSA) is 96.4 Å². The van der Waals surface area contributed by atoms with Crippen LogP contribution in [0.2, 0.25) is 5.02 Å². The van der Waals surface area contributed by atoms with Gasteiger partial charge in [0.05, 0.1) is 47.9 Å². The SMILES string of the molecule is C=CCN(C(=O)C1N([C@@H](CO)[C@@H](C)CC)C(=O)[C@@H]2[C@H](C(=O)OCC)[C@@H]3CCC12O3)c1c(C)cccc1Cl. The number of anilines is 1. The van der Waals surface area contributed by atoms with Crippen molar-refractivity contribution in [1.29, 1.82) is 0 Å². The van der Waals surface area contributed by atoms with E-state index in [0.29, 0.717) is 30.0 Å². The summed E-state index contributed by atoms with van der Waals surface area (Å²) >= 11 is 6.58. The van der Waals surface area contributed by atoms with E-state index in [4.69, 9.17) is 21.1 Å². The number of esters is 1. The van der Waals surface area contributed by atoms with Crippen LogP contribution in [0.3, 0.4) is 0 Å². The summed E-state index contributed by atoms with van der Waals surface area (Å²) in [4.78, 5) is 44.9. The van der Waals surface area contributed by atoms with Gasteiger partial charge in [-0.3, -0.25) is 14.4 Å². The van der Waals surface area contributed by atoms with Crippen LogP contribution in [-0.2, 0) is 23.9 Å². The van der Waals surface area contributed by atoms with Crippen molar-refractivity contribution in [2.75, 3.05) is 24.7 Å². The lowest BCUT2D eigenvalue weighted by Crippen LogP contribution is -2.60. The molecule has 202 valence electrons. The van der Waals surface area contributed by atoms with Gasteiger partial charge < -0.3 is 24.4 Å². The summed E-state index contributed by atoms with van der Waals surface area (Å²) in [6.45, 7) is 11.4. The smallest absolute Gasteiger partial charge is 0.312 e. The van der Waals surface area contributed by atoms with Crippen molar-refractivity contribution in [3.63, 3.8) is 0 Å². The molecule has 3 heterocycles. The van der Waals surface area contributed by atoms with Crippen LogP contribution in [0.15, 0.2) is 30.9 Å². The quantitative estimate of drug-likeness (QED) is 0.366. The van der Waals surface area contributed by atoms with E-state index in [1.54, 1.807) is 24.0 Å². The fraction of sp³-hybridized carbons (Fsp3) is 0.607. The zero-order valence-electron chi connectivity index (χ0n) is 22.0. The number of rotatable bonds is 10. The summed E-state index contributed by atoms with van der Waals surface area (Å²) < 4.78 is 11.8. The van der Waals surface area contributed by atoms with Crippen LogP contribution in [0.25, 0.3) is 0 Å². The Labute approximate surface area is 223 Å². The summed E-state index contributed by atoms with van der Waals surface area (Å²) in [7, 11) is 0. The minimum atomic E-state index is -1.19. The number of carbonyl (C=O) groups is 3. The van der Waals surface area contributed by atoms with E-state index in [0.717, 1.165) is 5.56 Å². The minimum Gasteiger partial charge on any atom is -0.466 e. The van der Waals surface area contributed by atoms with Crippen LogP contribution in [0, 0.1) is 24.7 Å². The van der Waals surface area contributed by atoms with Crippen molar-refractivity contribution in [3.05, 3.63) is 41.4 Å². The number of benzene rings is 1. The molecule has 0 saturated carbocycles. The van der Waals surface area contributed by atoms with E-state index >= 15 is 0 Å². The van der Waals surface area contributed by atoms with E-state index in [-0.39, 0.29) is 37.5 Å². The number of halogens is 1. The zero-order chi connectivity index (χ0) is 27.1. The highest BCUT2D eigenvalue weighted by Crippen LogP contribution is 2.59. The van der Waals surface area contributed by atoms with Crippen molar-refractivity contribution < 1.29 is 29.0 Å². The average Bonchev–Trinajstić information content (AvgIpc) is 3.51. The number of nitrogens with zero attached hydrogens (tertiary/aromatic N) is 2. The minimum absolute atomic E-state index is 0.0902. The Hall–Kier alpha value is -2.42. The predicted octanol–water partition coefficient (Wildman–Crippen LogP) is 3.51. The second-order valence-corrected chi connectivity index (χ2v) is 10.7. The van der Waals surface area contributed by atoms with Gasteiger partial charge in [-0.15, -0.1) is 6.58 Å². The second-order valence-electron chi connectivity index (χ2n) is 10.3. The lowest BCUT2D eigenvalue weighted by molar-refractivity contribution is -0.155. The molecule has 2 unspecified atom stereocenters. The van der Waals surface area contributed by atoms with E-state index < -0.39 is 41.6 Å². The molecule has 1 N–H and O–H groups in total. The van der Waals surface area contributed by atoms with E-state index in [1.165, 1.54) is 4.90 Å². The van der Waals surface area contributed by atoms with E-state index in [1.807, 2.05) is 32.9 Å². The first kappa shape index (κ1) is 27.6. The first-order valence-corrected chi connectivity index (χ1v) is 13.5. The van der Waals surface area contributed by atoms with Crippen molar-refractivity contribution in [2.45, 2.75) is 70.7 Å². The number of aliphatic hydroxyl groups excluding tert-OH is 1. The number of ether oxygens (including phenoxy) is 2. The highest BCUT2D eigenvalue weighted by atomic mass is 35.5. The van der Waals surface area contributed by atoms with Crippen LogP contribution in [-0.4, -0.2) is 71.3 Å². The third kappa shape index (κ3) is 4.27. The molecule has 37 heavy (non-hydrogen) atoms. The third-order valence-corrected chi connectivity index (χ3v) is 8.72. The first-order valence-electron chi connectivity index (χ1n) is 13.1. The normalized spacial score (nSPS) is 29.7. The molecule has 3 saturated heterocycles. The van der Waals surface area contributed by atoms with Crippen LogP contribution >= 0.6 is 11.6 Å². The predicted molar refractivity (Wildman–Crippen MR) is 140 cm³/mol. The molecule has 4 rings (SSSR count). The molecule has 3 fully saturated rings. The number of para-hydroxylation sites is 1. The van der Waals surface area contributed by atoms with Crippen molar-refractivity contribution in [3.8, 4) is 0 Å². The zero-order valence-corrected chi connectivity index (χ0v) is 22.7. The Balaban J connectivity index is 1.87. The Kier molecular flexibility index (Phi) is 8.02. The van der Waals surface area contributed by atoms with Gasteiger partial charge in [0.15, 0.2) is 0 Å². The molecule has 2 bridgehead atoms. The molecule has 8 nitrogen and oxygen atoms in total. The lowest BCUT2D eigenvalue weighted by Gasteiger charge is -2.41. The summed E-state index contributed by atoms with van der Waals surface area (Å²) in [6.07, 6.45) is 2.82. The van der Waals surface area contributed by atoms with Crippen LogP contribution in [0.5, 0.6) is 0 Å². The van der Waals surface area contributed by atoms with E-state index in [2.05, 4.69) is 6.58 Å². The highest BCUT2D eigenvalue weighted by Gasteiger charge is 2.75. The number of amides is 2. The molecule has 7 atom stereocenters. The molecule has 0 aliphatic carbocycles. The van der Waals surface area contributed by atoms with Crippen LogP contribution in [0.4, 0.5) is 5.69 Å². The maximum atomic E-state index is 14.6. The summed E-state index contributed by atoms with van der Waals surface area (Å²) in [5.41, 5.74) is 0.153. The standard InChI is InChI=1S/C28H37ClN2O6/c1-6-14-30(23-17(5)10-9-11-18(23)29)26(34)24-28-13-12-20(37-28)21(27(35)36-8-3)22(28)25(33)31(24)19(15-32)16(4)7-2/h6,9-11,16,19-22,24,32H,1,7-8,12-15H2,2-5H3/t16-,19-,20-,21+,22-,24?,28?/m0/s1. The van der Waals surface area contributed by atoms with Gasteiger partial charge in [0.25, 0.3) is 5.91 Å². The largest absolute Gasteiger partial charge is 0.466 e. The molecule has 2 amide bonds. The number of hydrogen-bond acceptors (Lipinski definition) is 6. The Bertz CT molecular complexity index is 1060. The van der Waals surface area contributed by atoms with Gasteiger partial charge in [0, 0.05) is 6.54 Å². The van der Waals surface area contributed by atoms with Gasteiger partial charge in [-0.25, -0.2) is 0 Å². The van der Waals surface area contributed by atoms with Gasteiger partial charge >= 0.3 is 5.97 Å². The molecule has 9 heteroatoms. The molecule has 3 aliphatic heterocycles. The van der Waals surface area contributed by atoms with Gasteiger partial charge in [-0.05, 0) is 44.2 Å². The molecule has 0 radical (unpaired) electrons. The van der Waals surface area contributed by atoms with Crippen molar-refractivity contribution >= 4 is 35.1 Å². The molecule has 3 aliphatic rings. The van der Waals surface area contributed by atoms with Gasteiger partial charge in [-0.2, -0.15) is 0 Å². The fourth-order valence-corrected chi connectivity index (χ4v) is 6.91. The van der Waals surface area contributed by atoms with Crippen LogP contribution < -0.4 is 4.90 Å². The first-order chi connectivity index (χ1) is 17.7.